The predicted octanol–water partition coefficient (Wildman–Crippen LogP) is 6.86. The van der Waals surface area contributed by atoms with Crippen molar-refractivity contribution >= 4 is 23.6 Å². The molecule has 214 valence electrons. The van der Waals surface area contributed by atoms with Gasteiger partial charge in [0.2, 0.25) is 5.91 Å². The van der Waals surface area contributed by atoms with Crippen molar-refractivity contribution in [1.82, 2.24) is 10.2 Å². The molecule has 39 heavy (non-hydrogen) atoms. The molecule has 3 atom stereocenters. The van der Waals surface area contributed by atoms with Crippen LogP contribution in [0, 0.1) is 26.7 Å². The first-order valence-electron chi connectivity index (χ1n) is 13.9. The molecule has 7 nitrogen and oxygen atoms in total. The van der Waals surface area contributed by atoms with Crippen molar-refractivity contribution in [3.63, 3.8) is 0 Å². The summed E-state index contributed by atoms with van der Waals surface area (Å²) in [5, 5.41) is 5.81. The molecular formula is C32H47N3O4. The van der Waals surface area contributed by atoms with Gasteiger partial charge in [-0.2, -0.15) is 0 Å². The van der Waals surface area contributed by atoms with Gasteiger partial charge in [-0.25, -0.2) is 4.79 Å². The van der Waals surface area contributed by atoms with Crippen LogP contribution in [0.25, 0.3) is 0 Å². The molecule has 2 N–H and O–H groups in total. The number of para-hydroxylation sites is 1. The Morgan fingerprint density at radius 3 is 1.95 bits per heavy atom. The van der Waals surface area contributed by atoms with Crippen LogP contribution in [-0.2, 0) is 14.3 Å². The van der Waals surface area contributed by atoms with Crippen LogP contribution in [0.1, 0.15) is 89.6 Å². The molecule has 0 fully saturated rings. The van der Waals surface area contributed by atoms with Gasteiger partial charge < -0.3 is 20.3 Å². The topological polar surface area (TPSA) is 87.7 Å². The Labute approximate surface area is 234 Å². The highest BCUT2D eigenvalue weighted by Gasteiger charge is 2.38. The summed E-state index contributed by atoms with van der Waals surface area (Å²) in [6.07, 6.45) is 0.921. The minimum Gasteiger partial charge on any atom is -0.444 e. The maximum Gasteiger partial charge on any atom is 0.408 e. The molecule has 0 aromatic heterocycles. The van der Waals surface area contributed by atoms with Crippen molar-refractivity contribution in [2.75, 3.05) is 5.32 Å². The summed E-state index contributed by atoms with van der Waals surface area (Å²) in [4.78, 5) is 42.5. The SMILES string of the molecule is Cc1ccccc1C(C(=O)Nc1c(C)cccc1C)N(C(=O)C(C)NC(=O)OC(C)(C)C)C(C)CCC(C)C. The third-order valence-electron chi connectivity index (χ3n) is 6.73. The predicted molar refractivity (Wildman–Crippen MR) is 158 cm³/mol. The van der Waals surface area contributed by atoms with E-state index in [0.29, 0.717) is 12.3 Å². The number of anilines is 1. The van der Waals surface area contributed by atoms with Gasteiger partial charge in [0.05, 0.1) is 0 Å². The van der Waals surface area contributed by atoms with Gasteiger partial charge in [-0.1, -0.05) is 56.3 Å². The zero-order valence-corrected chi connectivity index (χ0v) is 25.3. The molecule has 0 radical (unpaired) electrons. The van der Waals surface area contributed by atoms with Crippen LogP contribution in [0.3, 0.4) is 0 Å². The second kappa shape index (κ2) is 13.6. The molecule has 0 aliphatic rings. The van der Waals surface area contributed by atoms with E-state index in [1.807, 2.05) is 70.2 Å². The number of nitrogens with zero attached hydrogens (tertiary/aromatic N) is 1. The van der Waals surface area contributed by atoms with Crippen LogP contribution in [0.4, 0.5) is 10.5 Å². The lowest BCUT2D eigenvalue weighted by Crippen LogP contribution is -2.54. The number of ether oxygens (including phenoxy) is 1. The lowest BCUT2D eigenvalue weighted by molar-refractivity contribution is -0.143. The maximum atomic E-state index is 14.2. The minimum atomic E-state index is -0.902. The van der Waals surface area contributed by atoms with E-state index in [1.165, 1.54) is 0 Å². The Morgan fingerprint density at radius 2 is 1.41 bits per heavy atom. The monoisotopic (exact) mass is 537 g/mol. The molecule has 0 bridgehead atoms. The molecule has 0 heterocycles. The van der Waals surface area contributed by atoms with Gasteiger partial charge in [0.1, 0.15) is 17.7 Å². The molecule has 2 aromatic rings. The number of aryl methyl sites for hydroxylation is 3. The van der Waals surface area contributed by atoms with Gasteiger partial charge >= 0.3 is 6.09 Å². The van der Waals surface area contributed by atoms with Crippen molar-refractivity contribution in [2.24, 2.45) is 5.92 Å². The smallest absolute Gasteiger partial charge is 0.408 e. The average molecular weight is 538 g/mol. The minimum absolute atomic E-state index is 0.267. The number of carbonyl (C=O) groups is 3. The largest absolute Gasteiger partial charge is 0.444 e. The fourth-order valence-electron chi connectivity index (χ4n) is 4.60. The third kappa shape index (κ3) is 9.12. The lowest BCUT2D eigenvalue weighted by atomic mass is 9.94. The van der Waals surface area contributed by atoms with Gasteiger partial charge in [0, 0.05) is 11.7 Å². The normalized spacial score (nSPS) is 13.8. The number of alkyl carbamates (subject to hydrolysis) is 1. The zero-order valence-electron chi connectivity index (χ0n) is 25.3. The zero-order chi connectivity index (χ0) is 29.5. The van der Waals surface area contributed by atoms with Crippen LogP contribution in [-0.4, -0.2) is 40.5 Å². The number of benzene rings is 2. The molecule has 7 heteroatoms. The van der Waals surface area contributed by atoms with Crippen LogP contribution in [0.2, 0.25) is 0 Å². The number of carbonyl (C=O) groups excluding carboxylic acids is 3. The fraction of sp³-hybridized carbons (Fsp3) is 0.531. The van der Waals surface area contributed by atoms with Gasteiger partial charge in [-0.05, 0) is 96.4 Å². The number of amides is 3. The molecule has 0 saturated carbocycles. The van der Waals surface area contributed by atoms with E-state index < -0.39 is 23.8 Å². The molecule has 2 aromatic carbocycles. The highest BCUT2D eigenvalue weighted by molar-refractivity contribution is 6.00. The van der Waals surface area contributed by atoms with Crippen LogP contribution >= 0.6 is 0 Å². The van der Waals surface area contributed by atoms with Crippen molar-refractivity contribution in [3.05, 3.63) is 64.7 Å². The van der Waals surface area contributed by atoms with E-state index in [9.17, 15) is 14.4 Å². The standard InChI is InChI=1S/C32H47N3O4/c1-20(2)18-19-24(6)35(30(37)25(7)33-31(38)39-32(8,9)10)28(26-17-12-11-14-21(26)3)29(36)34-27-22(4)15-13-16-23(27)5/h11-17,20,24-25,28H,18-19H2,1-10H3,(H,33,38)(H,34,36). The van der Waals surface area contributed by atoms with Gasteiger partial charge in [0.15, 0.2) is 0 Å². The van der Waals surface area contributed by atoms with Crippen LogP contribution < -0.4 is 10.6 Å². The lowest BCUT2D eigenvalue weighted by Gasteiger charge is -2.39. The molecule has 3 amide bonds. The van der Waals surface area contributed by atoms with E-state index >= 15 is 0 Å². The molecule has 3 unspecified atom stereocenters. The second-order valence-electron chi connectivity index (χ2n) is 11.9. The molecular weight excluding hydrogens is 490 g/mol. The fourth-order valence-corrected chi connectivity index (χ4v) is 4.60. The molecule has 0 saturated heterocycles. The van der Waals surface area contributed by atoms with Crippen molar-refractivity contribution in [3.8, 4) is 0 Å². The Balaban J connectivity index is 2.58. The number of rotatable bonds is 10. The Hall–Kier alpha value is -3.35. The number of hydrogen-bond donors (Lipinski definition) is 2. The molecule has 2 rings (SSSR count). The van der Waals surface area contributed by atoms with Gasteiger partial charge in [-0.15, -0.1) is 0 Å². The molecule has 0 aliphatic carbocycles. The highest BCUT2D eigenvalue weighted by Crippen LogP contribution is 2.31. The Morgan fingerprint density at radius 1 is 0.846 bits per heavy atom. The maximum absolute atomic E-state index is 14.2. The molecule has 0 aliphatic heterocycles. The van der Waals surface area contributed by atoms with Gasteiger partial charge in [-0.3, -0.25) is 9.59 Å². The van der Waals surface area contributed by atoms with Gasteiger partial charge in [0.25, 0.3) is 5.91 Å². The first-order chi connectivity index (χ1) is 18.1. The summed E-state index contributed by atoms with van der Waals surface area (Å²) in [6, 6.07) is 11.4. The van der Waals surface area contributed by atoms with Crippen molar-refractivity contribution < 1.29 is 19.1 Å². The van der Waals surface area contributed by atoms with Crippen molar-refractivity contribution in [1.29, 1.82) is 0 Å². The Bertz CT molecular complexity index is 1130. The summed E-state index contributed by atoms with van der Waals surface area (Å²) in [5.74, 6) is -0.208. The Kier molecular flexibility index (Phi) is 11.1. The van der Waals surface area contributed by atoms with Crippen LogP contribution in [0.15, 0.2) is 42.5 Å². The molecule has 0 spiro atoms. The van der Waals surface area contributed by atoms with E-state index in [2.05, 4.69) is 24.5 Å². The summed E-state index contributed by atoms with van der Waals surface area (Å²) in [6.45, 7) is 19.0. The average Bonchev–Trinajstić information content (AvgIpc) is 2.82. The van der Waals surface area contributed by atoms with E-state index in [1.54, 1.807) is 32.6 Å². The number of nitrogens with one attached hydrogen (secondary N) is 2. The summed E-state index contributed by atoms with van der Waals surface area (Å²) < 4.78 is 5.39. The first-order valence-corrected chi connectivity index (χ1v) is 13.9. The quantitative estimate of drug-likeness (QED) is 0.347. The summed E-state index contributed by atoms with van der Waals surface area (Å²) in [5.41, 5.74) is 3.57. The highest BCUT2D eigenvalue weighted by atomic mass is 16.6. The third-order valence-corrected chi connectivity index (χ3v) is 6.73. The second-order valence-corrected chi connectivity index (χ2v) is 11.9. The van der Waals surface area contributed by atoms with E-state index in [4.69, 9.17) is 4.74 Å². The van der Waals surface area contributed by atoms with Crippen molar-refractivity contribution in [2.45, 2.75) is 106 Å². The van der Waals surface area contributed by atoms with Crippen LogP contribution in [0.5, 0.6) is 0 Å². The summed E-state index contributed by atoms with van der Waals surface area (Å²) in [7, 11) is 0. The first kappa shape index (κ1) is 31.9. The van der Waals surface area contributed by atoms with E-state index in [-0.39, 0.29) is 17.9 Å². The number of hydrogen-bond acceptors (Lipinski definition) is 4. The van der Waals surface area contributed by atoms with E-state index in [0.717, 1.165) is 34.4 Å². The summed E-state index contributed by atoms with van der Waals surface area (Å²) >= 11 is 0.